The Morgan fingerprint density at radius 1 is 1.16 bits per heavy atom. The smallest absolute Gasteiger partial charge is 0.292 e. The van der Waals surface area contributed by atoms with Crippen LogP contribution >= 0.6 is 0 Å². The van der Waals surface area contributed by atoms with E-state index in [1.807, 2.05) is 12.1 Å². The molecule has 0 amide bonds. The van der Waals surface area contributed by atoms with Gasteiger partial charge in [0.05, 0.1) is 5.56 Å². The summed E-state index contributed by atoms with van der Waals surface area (Å²) in [6.45, 7) is 10.7. The van der Waals surface area contributed by atoms with E-state index in [1.54, 1.807) is 0 Å². The Balaban J connectivity index is 1.91. The fourth-order valence-corrected chi connectivity index (χ4v) is 6.60. The van der Waals surface area contributed by atoms with Gasteiger partial charge in [-0.3, -0.25) is 4.89 Å². The Bertz CT molecular complexity index is 555. The highest BCUT2D eigenvalue weighted by Crippen LogP contribution is 2.32. The molecule has 1 aliphatic rings. The first-order chi connectivity index (χ1) is 12.1. The van der Waals surface area contributed by atoms with Gasteiger partial charge in [-0.1, -0.05) is 62.3 Å². The van der Waals surface area contributed by atoms with Gasteiger partial charge in [0.15, 0.2) is 0 Å². The standard InChI is InChI=1S/C21H31O3Si/c1-5-17-9-13-19(14-10-17)23-24-21(22)18-11-15-20(16-12-18)25(6-2,7-3)8-4/h6,11-12,15-17H,2,5,7-10,13-14H2,1,3-4H3. The van der Waals surface area contributed by atoms with Gasteiger partial charge in [-0.2, -0.15) is 4.89 Å². The van der Waals surface area contributed by atoms with Crippen molar-refractivity contribution in [3.63, 3.8) is 0 Å². The van der Waals surface area contributed by atoms with Gasteiger partial charge in [0.1, 0.15) is 14.2 Å². The number of hydrogen-bond acceptors (Lipinski definition) is 3. The van der Waals surface area contributed by atoms with E-state index in [-0.39, 0.29) is 0 Å². The topological polar surface area (TPSA) is 35.5 Å². The maximum absolute atomic E-state index is 12.2. The van der Waals surface area contributed by atoms with Gasteiger partial charge in [0, 0.05) is 0 Å². The number of carbonyl (C=O) groups excluding carboxylic acids is 1. The van der Waals surface area contributed by atoms with E-state index in [0.717, 1.165) is 49.8 Å². The predicted molar refractivity (Wildman–Crippen MR) is 105 cm³/mol. The third kappa shape index (κ3) is 4.82. The van der Waals surface area contributed by atoms with Crippen LogP contribution in [-0.2, 0) is 9.78 Å². The maximum Gasteiger partial charge on any atom is 0.373 e. The van der Waals surface area contributed by atoms with Crippen molar-refractivity contribution in [2.24, 2.45) is 5.92 Å². The Kier molecular flexibility index (Phi) is 7.45. The van der Waals surface area contributed by atoms with Crippen molar-refractivity contribution in [1.29, 1.82) is 0 Å². The van der Waals surface area contributed by atoms with Gasteiger partial charge in [-0.15, -0.1) is 6.58 Å². The number of benzene rings is 1. The molecular weight excluding hydrogens is 328 g/mol. The molecule has 0 heterocycles. The number of rotatable bonds is 8. The molecule has 0 unspecified atom stereocenters. The molecule has 0 saturated heterocycles. The Hall–Kier alpha value is -1.39. The molecule has 0 atom stereocenters. The Morgan fingerprint density at radius 3 is 2.24 bits per heavy atom. The molecule has 0 N–H and O–H groups in total. The van der Waals surface area contributed by atoms with Gasteiger partial charge in [0.25, 0.3) is 0 Å². The highest BCUT2D eigenvalue weighted by atomic mass is 28.3. The Morgan fingerprint density at radius 2 is 1.76 bits per heavy atom. The zero-order valence-electron chi connectivity index (χ0n) is 15.8. The summed E-state index contributed by atoms with van der Waals surface area (Å²) in [7, 11) is -1.63. The van der Waals surface area contributed by atoms with E-state index in [1.165, 1.54) is 11.6 Å². The third-order valence-corrected chi connectivity index (χ3v) is 10.6. The molecule has 0 aromatic heterocycles. The van der Waals surface area contributed by atoms with Crippen LogP contribution in [-0.4, -0.2) is 14.0 Å². The average Bonchev–Trinajstić information content (AvgIpc) is 2.69. The second-order valence-corrected chi connectivity index (χ2v) is 11.7. The first kappa shape index (κ1) is 19.9. The SMILES string of the molecule is C=C[Si](CC)(CC)c1ccc(C(=O)OO[C]2CCC(CC)CC2)cc1. The van der Waals surface area contributed by atoms with Gasteiger partial charge in [0.2, 0.25) is 0 Å². The van der Waals surface area contributed by atoms with E-state index >= 15 is 0 Å². The van der Waals surface area contributed by atoms with Crippen LogP contribution in [0.4, 0.5) is 0 Å². The molecule has 4 heteroatoms. The lowest BCUT2D eigenvalue weighted by Gasteiger charge is -2.26. The van der Waals surface area contributed by atoms with Crippen molar-refractivity contribution in [3.8, 4) is 0 Å². The maximum atomic E-state index is 12.2. The van der Waals surface area contributed by atoms with Gasteiger partial charge >= 0.3 is 5.97 Å². The van der Waals surface area contributed by atoms with Crippen LogP contribution in [0.25, 0.3) is 0 Å². The molecule has 2 rings (SSSR count). The monoisotopic (exact) mass is 359 g/mol. The summed E-state index contributed by atoms with van der Waals surface area (Å²) in [5, 5.41) is 1.32. The van der Waals surface area contributed by atoms with Crippen LogP contribution in [0, 0.1) is 12.0 Å². The first-order valence-corrected chi connectivity index (χ1v) is 12.0. The lowest BCUT2D eigenvalue weighted by Crippen LogP contribution is -2.44. The third-order valence-electron chi connectivity index (χ3n) is 5.82. The highest BCUT2D eigenvalue weighted by molar-refractivity contribution is 6.95. The minimum Gasteiger partial charge on any atom is -0.292 e. The molecular formula is C21H31O3Si. The largest absolute Gasteiger partial charge is 0.373 e. The fourth-order valence-electron chi connectivity index (χ4n) is 3.64. The van der Waals surface area contributed by atoms with Crippen LogP contribution in [0.1, 0.15) is 63.2 Å². The van der Waals surface area contributed by atoms with Crippen LogP contribution in [0.5, 0.6) is 0 Å². The zero-order chi connectivity index (χ0) is 18.3. The molecule has 1 radical (unpaired) electrons. The van der Waals surface area contributed by atoms with E-state index in [0.29, 0.717) is 5.56 Å². The van der Waals surface area contributed by atoms with E-state index in [9.17, 15) is 4.79 Å². The van der Waals surface area contributed by atoms with Gasteiger partial charge in [-0.25, -0.2) is 4.79 Å². The molecule has 1 aliphatic carbocycles. The van der Waals surface area contributed by atoms with E-state index < -0.39 is 14.0 Å². The molecule has 1 fully saturated rings. The molecule has 0 aliphatic heterocycles. The minimum absolute atomic E-state index is 0.421. The quantitative estimate of drug-likeness (QED) is 0.357. The molecule has 1 aromatic rings. The molecule has 25 heavy (non-hydrogen) atoms. The molecule has 0 spiro atoms. The summed E-state index contributed by atoms with van der Waals surface area (Å²) in [4.78, 5) is 22.6. The number of hydrogen-bond donors (Lipinski definition) is 0. The van der Waals surface area contributed by atoms with Crippen molar-refractivity contribution >= 4 is 19.2 Å². The van der Waals surface area contributed by atoms with Crippen molar-refractivity contribution < 1.29 is 14.6 Å². The Labute approximate surface area is 153 Å². The van der Waals surface area contributed by atoms with Gasteiger partial charge in [-0.05, 0) is 43.7 Å². The summed E-state index contributed by atoms with van der Waals surface area (Å²) in [6.07, 6.45) is 6.14. The summed E-state index contributed by atoms with van der Waals surface area (Å²) < 4.78 is 0. The summed E-state index contributed by atoms with van der Waals surface area (Å²) in [5.74, 6) is 0.359. The second kappa shape index (κ2) is 9.34. The molecule has 137 valence electrons. The number of carbonyl (C=O) groups is 1. The van der Waals surface area contributed by atoms with Crippen molar-refractivity contribution in [3.05, 3.63) is 48.2 Å². The lowest BCUT2D eigenvalue weighted by molar-refractivity contribution is -0.240. The molecule has 1 saturated carbocycles. The van der Waals surface area contributed by atoms with Crippen LogP contribution in [0.15, 0.2) is 36.5 Å². The first-order valence-electron chi connectivity index (χ1n) is 9.56. The van der Waals surface area contributed by atoms with Gasteiger partial charge < -0.3 is 0 Å². The van der Waals surface area contributed by atoms with Crippen molar-refractivity contribution in [1.82, 2.24) is 0 Å². The van der Waals surface area contributed by atoms with Crippen molar-refractivity contribution in [2.75, 3.05) is 0 Å². The highest BCUT2D eigenvalue weighted by Gasteiger charge is 2.28. The summed E-state index contributed by atoms with van der Waals surface area (Å²) in [5.41, 5.74) is 2.68. The van der Waals surface area contributed by atoms with Crippen LogP contribution in [0.3, 0.4) is 0 Å². The van der Waals surface area contributed by atoms with E-state index in [4.69, 9.17) is 9.78 Å². The molecule has 1 aromatic carbocycles. The van der Waals surface area contributed by atoms with Crippen molar-refractivity contribution in [2.45, 2.75) is 65.0 Å². The summed E-state index contributed by atoms with van der Waals surface area (Å²) >= 11 is 0. The minimum atomic E-state index is -1.63. The zero-order valence-corrected chi connectivity index (χ0v) is 16.8. The normalized spacial score (nSPS) is 16.6. The van der Waals surface area contributed by atoms with Crippen LogP contribution < -0.4 is 5.19 Å². The second-order valence-electron chi connectivity index (χ2n) is 6.99. The summed E-state index contributed by atoms with van der Waals surface area (Å²) in [6, 6.07) is 10.0. The molecule has 3 nitrogen and oxygen atoms in total. The lowest BCUT2D eigenvalue weighted by atomic mass is 9.86. The molecule has 0 bridgehead atoms. The van der Waals surface area contributed by atoms with E-state index in [2.05, 4.69) is 45.2 Å². The van der Waals surface area contributed by atoms with Crippen LogP contribution in [0.2, 0.25) is 12.1 Å². The average molecular weight is 360 g/mol. The predicted octanol–water partition coefficient (Wildman–Crippen LogP) is 5.33. The fraction of sp³-hybridized carbons (Fsp3) is 0.524.